The molecule has 150 valence electrons. The van der Waals surface area contributed by atoms with E-state index in [2.05, 4.69) is 5.32 Å². The Labute approximate surface area is 171 Å². The third-order valence-corrected chi connectivity index (χ3v) is 4.51. The first-order chi connectivity index (χ1) is 14.2. The number of rotatable bonds is 9. The molecule has 1 N–H and O–H groups in total. The second-order valence-corrected chi connectivity index (χ2v) is 6.49. The molecule has 3 rings (SSSR count). The third-order valence-electron chi connectivity index (χ3n) is 4.51. The summed E-state index contributed by atoms with van der Waals surface area (Å²) < 4.78 is 16.3. The molecule has 0 aliphatic rings. The summed E-state index contributed by atoms with van der Waals surface area (Å²) in [7, 11) is 3.22. The number of nitrogens with one attached hydrogen (secondary N) is 1. The zero-order valence-corrected chi connectivity index (χ0v) is 16.7. The van der Waals surface area contributed by atoms with Gasteiger partial charge in [-0.15, -0.1) is 0 Å². The Morgan fingerprint density at radius 3 is 2.21 bits per heavy atom. The Morgan fingerprint density at radius 1 is 0.828 bits per heavy atom. The van der Waals surface area contributed by atoms with Crippen LogP contribution >= 0.6 is 0 Å². The van der Waals surface area contributed by atoms with Gasteiger partial charge in [0.25, 0.3) is 5.91 Å². The van der Waals surface area contributed by atoms with Gasteiger partial charge in [0.05, 0.1) is 14.2 Å². The quantitative estimate of drug-likeness (QED) is 0.592. The van der Waals surface area contributed by atoms with Gasteiger partial charge in [-0.3, -0.25) is 4.79 Å². The molecule has 0 saturated heterocycles. The Bertz CT molecular complexity index is 923. The number of para-hydroxylation sites is 1. The van der Waals surface area contributed by atoms with Gasteiger partial charge in [0, 0.05) is 12.1 Å². The fourth-order valence-corrected chi connectivity index (χ4v) is 2.89. The van der Waals surface area contributed by atoms with E-state index in [1.165, 1.54) is 0 Å². The van der Waals surface area contributed by atoms with Gasteiger partial charge in [0.2, 0.25) is 0 Å². The van der Waals surface area contributed by atoms with Crippen LogP contribution in [0.15, 0.2) is 72.8 Å². The van der Waals surface area contributed by atoms with E-state index < -0.39 is 0 Å². The number of methoxy groups -OCH3 is 2. The van der Waals surface area contributed by atoms with E-state index in [0.29, 0.717) is 36.6 Å². The second-order valence-electron chi connectivity index (χ2n) is 6.49. The first-order valence-corrected chi connectivity index (χ1v) is 9.45. The molecule has 0 aliphatic heterocycles. The van der Waals surface area contributed by atoms with E-state index in [1.807, 2.05) is 72.8 Å². The van der Waals surface area contributed by atoms with Crippen LogP contribution in [0.25, 0.3) is 0 Å². The molecule has 0 saturated carbocycles. The van der Waals surface area contributed by atoms with Crippen molar-refractivity contribution in [2.75, 3.05) is 20.8 Å². The highest BCUT2D eigenvalue weighted by Gasteiger charge is 2.07. The van der Waals surface area contributed by atoms with Crippen LogP contribution in [0.1, 0.15) is 21.5 Å². The first kappa shape index (κ1) is 20.3. The minimum atomic E-state index is -0.0963. The number of benzene rings is 3. The number of ether oxygens (including phenoxy) is 3. The maximum atomic E-state index is 12.4. The minimum absolute atomic E-state index is 0.0963. The van der Waals surface area contributed by atoms with E-state index in [0.717, 1.165) is 16.9 Å². The average molecular weight is 391 g/mol. The summed E-state index contributed by atoms with van der Waals surface area (Å²) in [5.41, 5.74) is 2.70. The van der Waals surface area contributed by atoms with E-state index >= 15 is 0 Å². The number of carbonyl (C=O) groups excluding carboxylic acids is 1. The van der Waals surface area contributed by atoms with Crippen molar-refractivity contribution in [1.29, 1.82) is 0 Å². The lowest BCUT2D eigenvalue weighted by Gasteiger charge is -2.10. The van der Waals surface area contributed by atoms with Gasteiger partial charge in [-0.25, -0.2) is 0 Å². The molecule has 1 amide bonds. The summed E-state index contributed by atoms with van der Waals surface area (Å²) >= 11 is 0. The van der Waals surface area contributed by atoms with Gasteiger partial charge in [0.15, 0.2) is 11.5 Å². The van der Waals surface area contributed by atoms with Crippen LogP contribution in [-0.2, 0) is 13.0 Å². The molecule has 0 aliphatic carbocycles. The molecule has 0 bridgehead atoms. The zero-order chi connectivity index (χ0) is 20.5. The molecule has 5 nitrogen and oxygen atoms in total. The Hall–Kier alpha value is -3.47. The molecule has 0 aromatic heterocycles. The van der Waals surface area contributed by atoms with E-state index in [9.17, 15) is 4.79 Å². The molecule has 0 atom stereocenters. The van der Waals surface area contributed by atoms with Gasteiger partial charge < -0.3 is 19.5 Å². The zero-order valence-electron chi connectivity index (χ0n) is 16.7. The van der Waals surface area contributed by atoms with Crippen molar-refractivity contribution in [1.82, 2.24) is 5.32 Å². The smallest absolute Gasteiger partial charge is 0.251 e. The van der Waals surface area contributed by atoms with Crippen molar-refractivity contribution in [3.05, 3.63) is 89.5 Å². The highest BCUT2D eigenvalue weighted by atomic mass is 16.5. The van der Waals surface area contributed by atoms with Crippen molar-refractivity contribution in [2.24, 2.45) is 0 Å². The largest absolute Gasteiger partial charge is 0.493 e. The fourth-order valence-electron chi connectivity index (χ4n) is 2.89. The lowest BCUT2D eigenvalue weighted by molar-refractivity contribution is 0.0954. The van der Waals surface area contributed by atoms with Gasteiger partial charge >= 0.3 is 0 Å². The van der Waals surface area contributed by atoms with Crippen LogP contribution in [0.3, 0.4) is 0 Å². The van der Waals surface area contributed by atoms with Crippen molar-refractivity contribution < 1.29 is 19.0 Å². The molecule has 29 heavy (non-hydrogen) atoms. The first-order valence-electron chi connectivity index (χ1n) is 9.45. The molecule has 0 unspecified atom stereocenters. The topological polar surface area (TPSA) is 56.8 Å². The van der Waals surface area contributed by atoms with Gasteiger partial charge in [0.1, 0.15) is 12.4 Å². The SMILES string of the molecule is COc1ccc(CCNC(=O)c2ccc(COc3ccccc3)cc2)cc1OC. The van der Waals surface area contributed by atoms with Crippen LogP contribution in [0.2, 0.25) is 0 Å². The van der Waals surface area contributed by atoms with E-state index in [1.54, 1.807) is 14.2 Å². The average Bonchev–Trinajstić information content (AvgIpc) is 2.78. The number of hydrogen-bond donors (Lipinski definition) is 1. The van der Waals surface area contributed by atoms with Crippen LogP contribution in [0, 0.1) is 0 Å². The number of hydrogen-bond acceptors (Lipinski definition) is 4. The van der Waals surface area contributed by atoms with Crippen LogP contribution < -0.4 is 19.5 Å². The molecule has 0 heterocycles. The van der Waals surface area contributed by atoms with Gasteiger partial charge in [-0.2, -0.15) is 0 Å². The van der Waals surface area contributed by atoms with Gasteiger partial charge in [-0.05, 0) is 53.9 Å². The predicted molar refractivity (Wildman–Crippen MR) is 113 cm³/mol. The number of amides is 1. The number of carbonyl (C=O) groups is 1. The summed E-state index contributed by atoms with van der Waals surface area (Å²) in [4.78, 5) is 12.4. The van der Waals surface area contributed by atoms with Crippen LogP contribution in [-0.4, -0.2) is 26.7 Å². The molecular formula is C24H25NO4. The summed E-state index contributed by atoms with van der Waals surface area (Å²) in [6, 6.07) is 22.9. The van der Waals surface area contributed by atoms with Crippen molar-refractivity contribution in [3.63, 3.8) is 0 Å². The Kier molecular flexibility index (Phi) is 7.11. The van der Waals surface area contributed by atoms with Gasteiger partial charge in [-0.1, -0.05) is 36.4 Å². The lowest BCUT2D eigenvalue weighted by Crippen LogP contribution is -2.25. The van der Waals surface area contributed by atoms with E-state index in [4.69, 9.17) is 14.2 Å². The molecule has 5 heteroatoms. The molecule has 0 fully saturated rings. The lowest BCUT2D eigenvalue weighted by atomic mass is 10.1. The minimum Gasteiger partial charge on any atom is -0.493 e. The Balaban J connectivity index is 1.48. The van der Waals surface area contributed by atoms with Crippen molar-refractivity contribution in [2.45, 2.75) is 13.0 Å². The fraction of sp³-hybridized carbons (Fsp3) is 0.208. The molecule has 0 spiro atoms. The van der Waals surface area contributed by atoms with Crippen molar-refractivity contribution >= 4 is 5.91 Å². The summed E-state index contributed by atoms with van der Waals surface area (Å²) in [5.74, 6) is 2.10. The third kappa shape index (κ3) is 5.75. The molecule has 3 aromatic rings. The highest BCUT2D eigenvalue weighted by Crippen LogP contribution is 2.27. The molecular weight excluding hydrogens is 366 g/mol. The monoisotopic (exact) mass is 391 g/mol. The molecule has 3 aromatic carbocycles. The highest BCUT2D eigenvalue weighted by molar-refractivity contribution is 5.94. The maximum Gasteiger partial charge on any atom is 0.251 e. The predicted octanol–water partition coefficient (Wildman–Crippen LogP) is 4.26. The van der Waals surface area contributed by atoms with E-state index in [-0.39, 0.29) is 5.91 Å². The van der Waals surface area contributed by atoms with Crippen LogP contribution in [0.4, 0.5) is 0 Å². The standard InChI is InChI=1S/C24H25NO4/c1-27-22-13-10-18(16-23(22)28-2)14-15-25-24(26)20-11-8-19(9-12-20)17-29-21-6-4-3-5-7-21/h3-13,16H,14-15,17H2,1-2H3,(H,25,26). The van der Waals surface area contributed by atoms with Crippen LogP contribution in [0.5, 0.6) is 17.2 Å². The summed E-state index contributed by atoms with van der Waals surface area (Å²) in [6.45, 7) is 0.998. The second kappa shape index (κ2) is 10.2. The summed E-state index contributed by atoms with van der Waals surface area (Å²) in [5, 5.41) is 2.95. The maximum absolute atomic E-state index is 12.4. The Morgan fingerprint density at radius 2 is 1.52 bits per heavy atom. The summed E-state index contributed by atoms with van der Waals surface area (Å²) in [6.07, 6.45) is 0.703. The van der Waals surface area contributed by atoms with Crippen molar-refractivity contribution in [3.8, 4) is 17.2 Å². The normalized spacial score (nSPS) is 10.3. The molecule has 0 radical (unpaired) electrons.